The summed E-state index contributed by atoms with van der Waals surface area (Å²) in [6.45, 7) is 3.79. The standard InChI is InChI=1S/C26H18N6S/c1-17-13-18(2)32-25(29-17)21(14-27)24(30-32)22(15-28)26-31(20-11-7-4-8-12-20)23(16-33-26)19-9-5-3-6-10-19/h3-13,16H,1-2H3/b26-22-. The van der Waals surface area contributed by atoms with Gasteiger partial charge in [0, 0.05) is 22.5 Å². The fraction of sp³-hybridized carbons (Fsp3) is 0.0769. The molecule has 0 unspecified atom stereocenters. The third kappa shape index (κ3) is 3.45. The normalized spacial score (nSPS) is 14.7. The van der Waals surface area contributed by atoms with Gasteiger partial charge in [0.25, 0.3) is 0 Å². The van der Waals surface area contributed by atoms with Gasteiger partial charge in [-0.1, -0.05) is 60.3 Å². The molecule has 1 aliphatic heterocycles. The van der Waals surface area contributed by atoms with Crippen LogP contribution in [0.3, 0.4) is 0 Å². The summed E-state index contributed by atoms with van der Waals surface area (Å²) in [4.78, 5) is 6.57. The van der Waals surface area contributed by atoms with Crippen LogP contribution in [0, 0.1) is 36.5 Å². The Hall–Kier alpha value is -4.33. The topological polar surface area (TPSA) is 81.0 Å². The van der Waals surface area contributed by atoms with Crippen LogP contribution in [0.2, 0.25) is 0 Å². The molecule has 5 rings (SSSR count). The first-order chi connectivity index (χ1) is 16.1. The number of benzene rings is 2. The number of aryl methyl sites for hydroxylation is 2. The van der Waals surface area contributed by atoms with E-state index >= 15 is 0 Å². The average molecular weight is 447 g/mol. The van der Waals surface area contributed by atoms with E-state index in [-0.39, 0.29) is 0 Å². The van der Waals surface area contributed by atoms with Gasteiger partial charge in [0.2, 0.25) is 0 Å². The molecule has 0 saturated heterocycles. The molecule has 7 heteroatoms. The zero-order chi connectivity index (χ0) is 22.9. The van der Waals surface area contributed by atoms with Gasteiger partial charge in [0.05, 0.1) is 5.70 Å². The van der Waals surface area contributed by atoms with Crippen molar-refractivity contribution in [2.45, 2.75) is 13.8 Å². The Balaban J connectivity index is 1.76. The zero-order valence-corrected chi connectivity index (χ0v) is 18.8. The summed E-state index contributed by atoms with van der Waals surface area (Å²) in [5, 5.41) is 27.7. The van der Waals surface area contributed by atoms with E-state index in [1.54, 1.807) is 4.52 Å². The van der Waals surface area contributed by atoms with Crippen molar-refractivity contribution < 1.29 is 0 Å². The zero-order valence-electron chi connectivity index (χ0n) is 18.0. The van der Waals surface area contributed by atoms with Gasteiger partial charge < -0.3 is 4.90 Å². The molecule has 0 spiro atoms. The van der Waals surface area contributed by atoms with Crippen LogP contribution < -0.4 is 4.90 Å². The molecule has 6 nitrogen and oxygen atoms in total. The predicted octanol–water partition coefficient (Wildman–Crippen LogP) is 5.66. The Morgan fingerprint density at radius 2 is 1.67 bits per heavy atom. The molecule has 1 aliphatic rings. The largest absolute Gasteiger partial charge is 0.302 e. The smallest absolute Gasteiger partial charge is 0.174 e. The van der Waals surface area contributed by atoms with Crippen LogP contribution in [0.25, 0.3) is 16.9 Å². The summed E-state index contributed by atoms with van der Waals surface area (Å²) >= 11 is 1.45. The van der Waals surface area contributed by atoms with Crippen LogP contribution in [-0.4, -0.2) is 14.6 Å². The fourth-order valence-electron chi connectivity index (χ4n) is 3.94. The average Bonchev–Trinajstić information content (AvgIpc) is 3.43. The number of hydrogen-bond donors (Lipinski definition) is 0. The Labute approximate surface area is 195 Å². The minimum absolute atomic E-state index is 0.299. The van der Waals surface area contributed by atoms with Gasteiger partial charge in [-0.25, -0.2) is 9.50 Å². The van der Waals surface area contributed by atoms with Crippen molar-refractivity contribution in [1.82, 2.24) is 14.6 Å². The number of rotatable bonds is 3. The van der Waals surface area contributed by atoms with Gasteiger partial charge in [-0.3, -0.25) is 0 Å². The lowest BCUT2D eigenvalue weighted by Gasteiger charge is -2.24. The number of aromatic nitrogens is 3. The maximum Gasteiger partial charge on any atom is 0.174 e. The summed E-state index contributed by atoms with van der Waals surface area (Å²) < 4.78 is 1.64. The summed E-state index contributed by atoms with van der Waals surface area (Å²) in [7, 11) is 0. The number of para-hydroxylation sites is 1. The van der Waals surface area contributed by atoms with Gasteiger partial charge >= 0.3 is 0 Å². The van der Waals surface area contributed by atoms with Crippen LogP contribution >= 0.6 is 11.8 Å². The molecule has 4 aromatic rings. The second kappa shape index (κ2) is 8.31. The van der Waals surface area contributed by atoms with E-state index in [4.69, 9.17) is 0 Å². The molecule has 0 atom stereocenters. The number of hydrogen-bond acceptors (Lipinski definition) is 6. The van der Waals surface area contributed by atoms with E-state index < -0.39 is 0 Å². The van der Waals surface area contributed by atoms with Gasteiger partial charge in [0.15, 0.2) is 5.65 Å². The molecule has 0 aliphatic carbocycles. The van der Waals surface area contributed by atoms with Crippen molar-refractivity contribution in [2.75, 3.05) is 4.90 Å². The van der Waals surface area contributed by atoms with E-state index in [2.05, 4.69) is 27.1 Å². The third-order valence-electron chi connectivity index (χ3n) is 5.38. The maximum absolute atomic E-state index is 10.3. The highest BCUT2D eigenvalue weighted by Crippen LogP contribution is 2.46. The first-order valence-electron chi connectivity index (χ1n) is 10.3. The van der Waals surface area contributed by atoms with Crippen molar-refractivity contribution in [2.24, 2.45) is 0 Å². The minimum Gasteiger partial charge on any atom is -0.302 e. The Kier molecular flexibility index (Phi) is 5.18. The molecule has 0 amide bonds. The quantitative estimate of drug-likeness (QED) is 0.378. The summed E-state index contributed by atoms with van der Waals surface area (Å²) in [5.41, 5.74) is 6.00. The second-order valence-corrected chi connectivity index (χ2v) is 8.42. The molecule has 0 saturated carbocycles. The van der Waals surface area contributed by atoms with Gasteiger partial charge in [-0.2, -0.15) is 15.6 Å². The Morgan fingerprint density at radius 1 is 0.970 bits per heavy atom. The number of allylic oxidation sites excluding steroid dienone is 1. The van der Waals surface area contributed by atoms with Crippen LogP contribution in [0.5, 0.6) is 0 Å². The number of anilines is 1. The number of thioether (sulfide) groups is 1. The molecule has 3 heterocycles. The summed E-state index contributed by atoms with van der Waals surface area (Å²) in [5.74, 6) is 0. The van der Waals surface area contributed by atoms with E-state index in [1.165, 1.54) is 11.8 Å². The van der Waals surface area contributed by atoms with E-state index in [0.717, 1.165) is 28.3 Å². The van der Waals surface area contributed by atoms with Crippen molar-refractivity contribution in [3.8, 4) is 12.1 Å². The van der Waals surface area contributed by atoms with Crippen LogP contribution in [0.15, 0.2) is 77.2 Å². The van der Waals surface area contributed by atoms with E-state index in [9.17, 15) is 10.5 Å². The van der Waals surface area contributed by atoms with Crippen molar-refractivity contribution >= 4 is 34.4 Å². The van der Waals surface area contributed by atoms with Crippen molar-refractivity contribution in [3.63, 3.8) is 0 Å². The lowest BCUT2D eigenvalue weighted by atomic mass is 10.1. The molecule has 2 aromatic carbocycles. The first-order valence-corrected chi connectivity index (χ1v) is 11.2. The summed E-state index contributed by atoms with van der Waals surface area (Å²) in [6.07, 6.45) is 0. The monoisotopic (exact) mass is 446 g/mol. The molecule has 33 heavy (non-hydrogen) atoms. The Bertz CT molecular complexity index is 1520. The number of fused-ring (bicyclic) bond motifs is 1. The SMILES string of the molecule is Cc1cc(C)n2nc(/C(C#N)=C3\SC=C(c4ccccc4)N3c3ccccc3)c(C#N)c2n1. The highest BCUT2D eigenvalue weighted by Gasteiger charge is 2.30. The van der Waals surface area contributed by atoms with Gasteiger partial charge in [0.1, 0.15) is 34.0 Å². The fourth-order valence-corrected chi connectivity index (χ4v) is 4.97. The van der Waals surface area contributed by atoms with Crippen LogP contribution in [-0.2, 0) is 0 Å². The maximum atomic E-state index is 10.3. The molecular weight excluding hydrogens is 428 g/mol. The molecule has 0 N–H and O–H groups in total. The minimum atomic E-state index is 0.299. The summed E-state index contributed by atoms with van der Waals surface area (Å²) in [6, 6.07) is 26.4. The lowest BCUT2D eigenvalue weighted by molar-refractivity contribution is 0.880. The number of nitrogens with zero attached hydrogens (tertiary/aromatic N) is 6. The highest BCUT2D eigenvalue weighted by atomic mass is 32.2. The molecule has 0 fully saturated rings. The van der Waals surface area contributed by atoms with Gasteiger partial charge in [-0.05, 0) is 37.6 Å². The molecule has 0 bridgehead atoms. The second-order valence-electron chi connectivity index (χ2n) is 7.56. The van der Waals surface area contributed by atoms with Crippen molar-refractivity contribution in [1.29, 1.82) is 10.5 Å². The lowest BCUT2D eigenvalue weighted by Crippen LogP contribution is -2.17. The van der Waals surface area contributed by atoms with Crippen LogP contribution in [0.4, 0.5) is 5.69 Å². The van der Waals surface area contributed by atoms with Gasteiger partial charge in [-0.15, -0.1) is 0 Å². The third-order valence-corrected chi connectivity index (χ3v) is 6.33. The molecule has 0 radical (unpaired) electrons. The molecular formula is C26H18N6S. The Morgan fingerprint density at radius 3 is 2.33 bits per heavy atom. The first kappa shape index (κ1) is 20.6. The highest BCUT2D eigenvalue weighted by molar-refractivity contribution is 8.06. The molecule has 2 aromatic heterocycles. The number of nitriles is 2. The van der Waals surface area contributed by atoms with E-state index in [0.29, 0.717) is 27.5 Å². The van der Waals surface area contributed by atoms with Crippen LogP contribution in [0.1, 0.15) is 28.2 Å². The van der Waals surface area contributed by atoms with Crippen molar-refractivity contribution in [3.05, 3.63) is 105 Å². The van der Waals surface area contributed by atoms with E-state index in [1.807, 2.05) is 86.0 Å². The predicted molar refractivity (Wildman–Crippen MR) is 131 cm³/mol. The molecule has 158 valence electrons.